The van der Waals surface area contributed by atoms with Crippen LogP contribution in [0.15, 0.2) is 0 Å². The van der Waals surface area contributed by atoms with Crippen molar-refractivity contribution in [2.45, 2.75) is 32.2 Å². The summed E-state index contributed by atoms with van der Waals surface area (Å²) in [5.74, 6) is -1.05. The van der Waals surface area contributed by atoms with Crippen molar-refractivity contribution in [2.75, 3.05) is 0 Å². The van der Waals surface area contributed by atoms with E-state index < -0.39 is 18.1 Å². The standard InChI is InChI=1S/C7H14N2O4/c1-2-3-4-5(6(10)11)8-9-7(12)13/h5,8-9H,2-4H2,1H3,(H,10,11)(H,12,13)/t5-/m0/s1. The molecule has 0 aromatic heterocycles. The molecule has 0 bridgehead atoms. The topological polar surface area (TPSA) is 98.7 Å². The minimum atomic E-state index is -1.29. The maximum absolute atomic E-state index is 10.5. The van der Waals surface area contributed by atoms with Crippen molar-refractivity contribution in [3.8, 4) is 0 Å². The smallest absolute Gasteiger partial charge is 0.419 e. The van der Waals surface area contributed by atoms with E-state index in [1.807, 2.05) is 12.3 Å². The molecule has 13 heavy (non-hydrogen) atoms. The van der Waals surface area contributed by atoms with Crippen molar-refractivity contribution in [1.82, 2.24) is 10.9 Å². The number of carboxylic acid groups (broad SMARTS) is 2. The summed E-state index contributed by atoms with van der Waals surface area (Å²) in [6.45, 7) is 1.93. The van der Waals surface area contributed by atoms with Crippen LogP contribution in [-0.4, -0.2) is 28.3 Å². The molecule has 0 fully saturated rings. The fourth-order valence-electron chi connectivity index (χ4n) is 0.814. The van der Waals surface area contributed by atoms with Crippen LogP contribution < -0.4 is 10.9 Å². The fraction of sp³-hybridized carbons (Fsp3) is 0.714. The predicted molar refractivity (Wildman–Crippen MR) is 45.2 cm³/mol. The zero-order valence-electron chi connectivity index (χ0n) is 7.41. The molecule has 6 heteroatoms. The van der Waals surface area contributed by atoms with E-state index in [0.29, 0.717) is 6.42 Å². The molecule has 6 nitrogen and oxygen atoms in total. The normalized spacial score (nSPS) is 12.1. The molecule has 0 saturated carbocycles. The summed E-state index contributed by atoms with van der Waals surface area (Å²) in [4.78, 5) is 20.6. The molecule has 0 aromatic carbocycles. The molecule has 0 aliphatic heterocycles. The lowest BCUT2D eigenvalue weighted by atomic mass is 10.1. The predicted octanol–water partition coefficient (Wildman–Crippen LogP) is 0.402. The number of carboxylic acids is 1. The van der Waals surface area contributed by atoms with Gasteiger partial charge in [0, 0.05) is 0 Å². The second-order valence-corrected chi connectivity index (χ2v) is 2.61. The summed E-state index contributed by atoms with van der Waals surface area (Å²) in [6.07, 6.45) is 0.735. The Balaban J connectivity index is 3.80. The van der Waals surface area contributed by atoms with Crippen LogP contribution in [0.2, 0.25) is 0 Å². The Labute approximate surface area is 75.9 Å². The Morgan fingerprint density at radius 1 is 1.38 bits per heavy atom. The van der Waals surface area contributed by atoms with Gasteiger partial charge in [-0.2, -0.15) is 0 Å². The van der Waals surface area contributed by atoms with Gasteiger partial charge in [-0.05, 0) is 6.42 Å². The monoisotopic (exact) mass is 190 g/mol. The summed E-state index contributed by atoms with van der Waals surface area (Å²) in [7, 11) is 0. The Morgan fingerprint density at radius 3 is 2.38 bits per heavy atom. The van der Waals surface area contributed by atoms with Crippen LogP contribution in [0, 0.1) is 0 Å². The summed E-state index contributed by atoms with van der Waals surface area (Å²) in [6, 6.07) is -0.851. The molecule has 0 aliphatic carbocycles. The summed E-state index contributed by atoms with van der Waals surface area (Å²) in [5, 5.41) is 16.8. The van der Waals surface area contributed by atoms with Gasteiger partial charge in [0.05, 0.1) is 0 Å². The van der Waals surface area contributed by atoms with Crippen LogP contribution >= 0.6 is 0 Å². The first kappa shape index (κ1) is 11.7. The molecular weight excluding hydrogens is 176 g/mol. The van der Waals surface area contributed by atoms with E-state index >= 15 is 0 Å². The Morgan fingerprint density at radius 2 is 2.00 bits per heavy atom. The minimum Gasteiger partial charge on any atom is -0.480 e. The lowest BCUT2D eigenvalue weighted by molar-refractivity contribution is -0.139. The van der Waals surface area contributed by atoms with Gasteiger partial charge in [0.1, 0.15) is 6.04 Å². The molecule has 0 radical (unpaired) electrons. The lowest BCUT2D eigenvalue weighted by Crippen LogP contribution is -2.47. The number of hydrazine groups is 1. The molecule has 0 heterocycles. The highest BCUT2D eigenvalue weighted by molar-refractivity contribution is 5.74. The van der Waals surface area contributed by atoms with E-state index in [1.165, 1.54) is 0 Å². The quantitative estimate of drug-likeness (QED) is 0.454. The zero-order chi connectivity index (χ0) is 10.3. The average molecular weight is 190 g/mol. The Kier molecular flexibility index (Phi) is 5.62. The van der Waals surface area contributed by atoms with Gasteiger partial charge in [-0.15, -0.1) is 0 Å². The first-order valence-electron chi connectivity index (χ1n) is 4.05. The molecule has 0 rings (SSSR count). The minimum absolute atomic E-state index is 0.409. The van der Waals surface area contributed by atoms with Gasteiger partial charge >= 0.3 is 12.1 Å². The third-order valence-electron chi connectivity index (χ3n) is 1.50. The molecule has 0 aromatic rings. The highest BCUT2D eigenvalue weighted by atomic mass is 16.4. The lowest BCUT2D eigenvalue weighted by Gasteiger charge is -2.12. The van der Waals surface area contributed by atoms with Gasteiger partial charge in [-0.1, -0.05) is 19.8 Å². The van der Waals surface area contributed by atoms with E-state index in [2.05, 4.69) is 5.43 Å². The molecule has 4 N–H and O–H groups in total. The highest BCUT2D eigenvalue weighted by Gasteiger charge is 2.16. The van der Waals surface area contributed by atoms with Crippen LogP contribution in [0.5, 0.6) is 0 Å². The van der Waals surface area contributed by atoms with Gasteiger partial charge < -0.3 is 10.2 Å². The number of rotatable bonds is 6. The highest BCUT2D eigenvalue weighted by Crippen LogP contribution is 1.99. The molecule has 1 amide bonds. The van der Waals surface area contributed by atoms with Gasteiger partial charge in [0.25, 0.3) is 0 Å². The first-order valence-corrected chi connectivity index (χ1v) is 4.05. The van der Waals surface area contributed by atoms with E-state index in [-0.39, 0.29) is 0 Å². The molecule has 0 saturated heterocycles. The Bertz CT molecular complexity index is 183. The third kappa shape index (κ3) is 5.92. The van der Waals surface area contributed by atoms with Crippen molar-refractivity contribution in [3.63, 3.8) is 0 Å². The fourth-order valence-corrected chi connectivity index (χ4v) is 0.814. The number of nitrogens with one attached hydrogen (secondary N) is 2. The number of unbranched alkanes of at least 4 members (excludes halogenated alkanes) is 1. The molecule has 0 unspecified atom stereocenters. The summed E-state index contributed by atoms with van der Waals surface area (Å²) in [5.41, 5.74) is 4.03. The van der Waals surface area contributed by atoms with Gasteiger partial charge in [-0.25, -0.2) is 10.2 Å². The molecule has 0 aliphatic rings. The average Bonchev–Trinajstić information content (AvgIpc) is 2.03. The van der Waals surface area contributed by atoms with E-state index in [1.54, 1.807) is 0 Å². The molecule has 76 valence electrons. The van der Waals surface area contributed by atoms with Crippen LogP contribution in [-0.2, 0) is 4.79 Å². The van der Waals surface area contributed by atoms with Gasteiger partial charge in [0.15, 0.2) is 0 Å². The van der Waals surface area contributed by atoms with Crippen LogP contribution in [0.25, 0.3) is 0 Å². The van der Waals surface area contributed by atoms with E-state index in [0.717, 1.165) is 12.8 Å². The van der Waals surface area contributed by atoms with E-state index in [4.69, 9.17) is 10.2 Å². The van der Waals surface area contributed by atoms with Crippen molar-refractivity contribution < 1.29 is 19.8 Å². The summed E-state index contributed by atoms with van der Waals surface area (Å²) >= 11 is 0. The molecule has 0 spiro atoms. The van der Waals surface area contributed by atoms with Crippen LogP contribution in [0.1, 0.15) is 26.2 Å². The van der Waals surface area contributed by atoms with Gasteiger partial charge in [0.2, 0.25) is 0 Å². The van der Waals surface area contributed by atoms with Gasteiger partial charge in [-0.3, -0.25) is 10.2 Å². The van der Waals surface area contributed by atoms with Crippen molar-refractivity contribution in [1.29, 1.82) is 0 Å². The number of hydrogen-bond acceptors (Lipinski definition) is 3. The maximum atomic E-state index is 10.5. The maximum Gasteiger partial charge on any atom is 0.419 e. The first-order chi connectivity index (χ1) is 6.07. The van der Waals surface area contributed by atoms with Crippen molar-refractivity contribution in [3.05, 3.63) is 0 Å². The van der Waals surface area contributed by atoms with Crippen molar-refractivity contribution >= 4 is 12.1 Å². The molecule has 1 atom stereocenters. The number of amides is 1. The van der Waals surface area contributed by atoms with Crippen molar-refractivity contribution in [2.24, 2.45) is 0 Å². The number of aliphatic carboxylic acids is 1. The number of carbonyl (C=O) groups is 2. The van der Waals surface area contributed by atoms with Crippen LogP contribution in [0.3, 0.4) is 0 Å². The zero-order valence-corrected chi connectivity index (χ0v) is 7.41. The SMILES string of the molecule is CCCC[C@H](NNC(=O)O)C(=O)O. The second-order valence-electron chi connectivity index (χ2n) is 2.61. The van der Waals surface area contributed by atoms with E-state index in [9.17, 15) is 9.59 Å². The molecular formula is C7H14N2O4. The summed E-state index contributed by atoms with van der Waals surface area (Å²) < 4.78 is 0. The largest absolute Gasteiger partial charge is 0.480 e. The third-order valence-corrected chi connectivity index (χ3v) is 1.50. The number of hydrogen-bond donors (Lipinski definition) is 4. The second kappa shape index (κ2) is 6.24. The Hall–Kier alpha value is -1.30. The van der Waals surface area contributed by atoms with Crippen LogP contribution in [0.4, 0.5) is 4.79 Å².